The van der Waals surface area contributed by atoms with Gasteiger partial charge in [-0.25, -0.2) is 4.98 Å². The van der Waals surface area contributed by atoms with Crippen molar-refractivity contribution in [2.45, 2.75) is 163 Å². The molecule has 69 heavy (non-hydrogen) atoms. The maximum Gasteiger partial charge on any atom is 0.160 e. The van der Waals surface area contributed by atoms with Crippen LogP contribution >= 0.6 is 45.3 Å². The third-order valence-electron chi connectivity index (χ3n) is 13.5. The minimum Gasteiger partial charge on any atom is -0.297 e. The number of pyridine rings is 1. The van der Waals surface area contributed by atoms with Crippen molar-refractivity contribution in [2.24, 2.45) is 0 Å². The number of carbonyl (C=O) groups excluding carboxylic acids is 2. The average Bonchev–Trinajstić information content (AvgIpc) is 4.19. The zero-order valence-corrected chi connectivity index (χ0v) is 45.2. The van der Waals surface area contributed by atoms with Crippen molar-refractivity contribution in [3.05, 3.63) is 129 Å². The standard InChI is InChI=1S/C62H73NO2S4/c1-7-13-18-22-27-44-35-50(41-64)66-61(44)56-39-46(29-24-20-15-9-3)59(68-56)48-31-33-54-52(37-48)58(43(12-6)26-17-11-5)53-38-49(32-34-55(53)63-54)60-47(30-25-21-16-10-4)40-57(69-60)62-45(28-23-19-14-8-2)36-51(42-65)67-62/h11-12,17,26,31-42H,5,7-10,13-16,18-25,27-30H2,1-4,6H3/b26-17-,43-12+. The molecule has 5 aromatic heterocycles. The van der Waals surface area contributed by atoms with Crippen LogP contribution in [-0.2, 0) is 25.7 Å². The second-order valence-corrected chi connectivity index (χ2v) is 23.0. The Balaban J connectivity index is 1.38. The maximum absolute atomic E-state index is 12.2. The summed E-state index contributed by atoms with van der Waals surface area (Å²) in [5.74, 6) is 0. The van der Waals surface area contributed by atoms with Crippen molar-refractivity contribution in [1.29, 1.82) is 0 Å². The number of unbranched alkanes of at least 4 members (excludes halogenated alkanes) is 12. The molecule has 2 aromatic carbocycles. The molecule has 0 radical (unpaired) electrons. The zero-order chi connectivity index (χ0) is 48.5. The molecule has 0 bridgehead atoms. The topological polar surface area (TPSA) is 47.0 Å². The molecule has 0 aliphatic carbocycles. The van der Waals surface area contributed by atoms with Gasteiger partial charge in [0.1, 0.15) is 0 Å². The van der Waals surface area contributed by atoms with E-state index in [9.17, 15) is 9.59 Å². The van der Waals surface area contributed by atoms with Crippen LogP contribution in [0.15, 0.2) is 91.5 Å². The number of benzene rings is 2. The van der Waals surface area contributed by atoms with Crippen LogP contribution in [0.5, 0.6) is 0 Å². The van der Waals surface area contributed by atoms with Gasteiger partial charge in [0.2, 0.25) is 0 Å². The molecular weight excluding hydrogens is 919 g/mol. The summed E-state index contributed by atoms with van der Waals surface area (Å²) in [7, 11) is 0. The minimum atomic E-state index is 0.817. The van der Waals surface area contributed by atoms with E-state index < -0.39 is 0 Å². The lowest BCUT2D eigenvalue weighted by Crippen LogP contribution is -1.94. The van der Waals surface area contributed by atoms with Gasteiger partial charge >= 0.3 is 0 Å². The fourth-order valence-electron chi connectivity index (χ4n) is 9.75. The van der Waals surface area contributed by atoms with Crippen molar-refractivity contribution in [3.8, 4) is 40.4 Å². The maximum atomic E-state index is 12.2. The number of rotatable bonds is 29. The summed E-state index contributed by atoms with van der Waals surface area (Å²) >= 11 is 7.10. The number of thiophene rings is 4. The first kappa shape index (κ1) is 52.3. The highest BCUT2D eigenvalue weighted by Gasteiger charge is 2.22. The van der Waals surface area contributed by atoms with Crippen LogP contribution in [-0.4, -0.2) is 17.6 Å². The van der Waals surface area contributed by atoms with Gasteiger partial charge in [-0.3, -0.25) is 9.59 Å². The SMILES string of the molecule is C=C/C=C\C(=C/C)c1c2cc(-c3sc(-c4sc(C=O)cc4CCCCCC)cc3CCCCCC)ccc2nc2ccc(-c3sc(-c4sc(C=O)cc4CCCCCC)cc3CCCCCC)cc12. The molecule has 0 unspecified atom stereocenters. The van der Waals surface area contributed by atoms with Crippen LogP contribution in [0.3, 0.4) is 0 Å². The molecule has 0 aliphatic heterocycles. The number of hydrogen-bond acceptors (Lipinski definition) is 7. The minimum absolute atomic E-state index is 0.817. The van der Waals surface area contributed by atoms with Crippen molar-refractivity contribution in [3.63, 3.8) is 0 Å². The Hall–Kier alpha value is -4.53. The molecule has 0 atom stereocenters. The van der Waals surface area contributed by atoms with Gasteiger partial charge in [-0.1, -0.05) is 148 Å². The van der Waals surface area contributed by atoms with Gasteiger partial charge in [0, 0.05) is 45.6 Å². The van der Waals surface area contributed by atoms with Crippen molar-refractivity contribution in [1.82, 2.24) is 4.98 Å². The molecule has 0 saturated carbocycles. The molecule has 5 heterocycles. The van der Waals surface area contributed by atoms with E-state index in [1.165, 1.54) is 145 Å². The monoisotopic (exact) mass is 991 g/mol. The normalized spacial score (nSPS) is 12.0. The third-order valence-corrected chi connectivity index (χ3v) is 18.5. The number of fused-ring (bicyclic) bond motifs is 2. The Morgan fingerprint density at radius 1 is 0.507 bits per heavy atom. The highest BCUT2D eigenvalue weighted by atomic mass is 32.1. The second kappa shape index (κ2) is 26.6. The van der Waals surface area contributed by atoms with Crippen molar-refractivity contribution in [2.75, 3.05) is 0 Å². The fraction of sp³-hybridized carbons (Fsp3) is 0.403. The van der Waals surface area contributed by atoms with E-state index in [1.807, 2.05) is 34.8 Å². The van der Waals surface area contributed by atoms with Crippen molar-refractivity contribution < 1.29 is 9.59 Å². The van der Waals surface area contributed by atoms with Gasteiger partial charge in [0.25, 0.3) is 0 Å². The third kappa shape index (κ3) is 13.1. The van der Waals surface area contributed by atoms with Gasteiger partial charge in [-0.15, -0.1) is 45.3 Å². The summed E-state index contributed by atoms with van der Waals surface area (Å²) in [5.41, 5.74) is 12.1. The van der Waals surface area contributed by atoms with Crippen LogP contribution in [0.25, 0.3) is 67.8 Å². The van der Waals surface area contributed by atoms with Gasteiger partial charge in [0.05, 0.1) is 20.8 Å². The summed E-state index contributed by atoms with van der Waals surface area (Å²) < 4.78 is 0. The van der Waals surface area contributed by atoms with E-state index in [0.29, 0.717) is 0 Å². The molecule has 0 fully saturated rings. The first-order valence-electron chi connectivity index (χ1n) is 26.1. The summed E-state index contributed by atoms with van der Waals surface area (Å²) in [4.78, 5) is 39.1. The average molecular weight is 993 g/mol. The Labute approximate surface area is 429 Å². The number of nitrogens with zero attached hydrogens (tertiary/aromatic N) is 1. The smallest absolute Gasteiger partial charge is 0.160 e. The van der Waals surface area contributed by atoms with Gasteiger partial charge in [-0.05, 0) is 146 Å². The number of aromatic nitrogens is 1. The predicted molar refractivity (Wildman–Crippen MR) is 308 cm³/mol. The predicted octanol–water partition coefficient (Wildman–Crippen LogP) is 20.6. The fourth-order valence-corrected chi connectivity index (χ4v) is 14.5. The largest absolute Gasteiger partial charge is 0.297 e. The first-order valence-corrected chi connectivity index (χ1v) is 29.4. The second-order valence-electron chi connectivity index (χ2n) is 18.7. The summed E-state index contributed by atoms with van der Waals surface area (Å²) in [6.45, 7) is 15.3. The van der Waals surface area contributed by atoms with Crippen LogP contribution in [0, 0.1) is 0 Å². The summed E-state index contributed by atoms with van der Waals surface area (Å²) in [5, 5.41) is 2.28. The summed E-state index contributed by atoms with van der Waals surface area (Å²) in [6, 6.07) is 23.0. The Kier molecular flexibility index (Phi) is 20.2. The van der Waals surface area contributed by atoms with Crippen LogP contribution in [0.2, 0.25) is 0 Å². The molecule has 7 heteroatoms. The van der Waals surface area contributed by atoms with Crippen LogP contribution in [0.4, 0.5) is 0 Å². The van der Waals surface area contributed by atoms with Gasteiger partial charge < -0.3 is 0 Å². The molecule has 7 aromatic rings. The lowest BCUT2D eigenvalue weighted by atomic mass is 9.92. The van der Waals surface area contributed by atoms with Crippen molar-refractivity contribution >= 4 is 85.3 Å². The molecule has 0 spiro atoms. The van der Waals surface area contributed by atoms with E-state index in [1.54, 1.807) is 22.7 Å². The number of allylic oxidation sites excluding steroid dienone is 5. The van der Waals surface area contributed by atoms with E-state index in [-0.39, 0.29) is 0 Å². The zero-order valence-electron chi connectivity index (χ0n) is 42.0. The van der Waals surface area contributed by atoms with E-state index in [0.717, 1.165) is 101 Å². The molecule has 3 nitrogen and oxygen atoms in total. The molecule has 0 aliphatic rings. The van der Waals surface area contributed by atoms with E-state index >= 15 is 0 Å². The van der Waals surface area contributed by atoms with Gasteiger partial charge in [-0.2, -0.15) is 0 Å². The molecular formula is C62H73NO2S4. The Bertz CT molecular complexity index is 2700. The molecule has 7 rings (SSSR count). The highest BCUT2D eigenvalue weighted by molar-refractivity contribution is 7.25. The number of aldehydes is 2. The van der Waals surface area contributed by atoms with Crippen LogP contribution < -0.4 is 0 Å². The molecule has 0 N–H and O–H groups in total. The number of hydrogen-bond donors (Lipinski definition) is 0. The molecule has 0 amide bonds. The number of carbonyl (C=O) groups is 2. The number of aryl methyl sites for hydroxylation is 4. The Morgan fingerprint density at radius 2 is 0.913 bits per heavy atom. The molecule has 0 saturated heterocycles. The Morgan fingerprint density at radius 3 is 1.28 bits per heavy atom. The summed E-state index contributed by atoms with van der Waals surface area (Å²) in [6.07, 6.45) is 33.8. The highest BCUT2D eigenvalue weighted by Crippen LogP contribution is 2.47. The van der Waals surface area contributed by atoms with Gasteiger partial charge in [0.15, 0.2) is 12.6 Å². The van der Waals surface area contributed by atoms with Crippen LogP contribution in [0.1, 0.15) is 185 Å². The lowest BCUT2D eigenvalue weighted by molar-refractivity contribution is 0.111. The quantitative estimate of drug-likeness (QED) is 0.0203. The van der Waals surface area contributed by atoms with E-state index in [4.69, 9.17) is 4.98 Å². The lowest BCUT2D eigenvalue weighted by Gasteiger charge is -2.15. The molecule has 362 valence electrons. The van der Waals surface area contributed by atoms with E-state index in [2.05, 4.69) is 114 Å². The first-order chi connectivity index (χ1) is 33.9.